The summed E-state index contributed by atoms with van der Waals surface area (Å²) in [6.45, 7) is 1.46. The Bertz CT molecular complexity index is 1060. The third-order valence-electron chi connectivity index (χ3n) is 3.74. The Morgan fingerprint density at radius 1 is 1.25 bits per heavy atom. The molecule has 3 aromatic rings. The van der Waals surface area contributed by atoms with E-state index >= 15 is 0 Å². The average molecular weight is 412 g/mol. The molecule has 0 spiro atoms. The van der Waals surface area contributed by atoms with Crippen molar-refractivity contribution >= 4 is 40.5 Å². The van der Waals surface area contributed by atoms with Crippen LogP contribution in [-0.2, 0) is 9.53 Å². The van der Waals surface area contributed by atoms with Crippen LogP contribution in [0.2, 0.25) is 5.02 Å². The normalized spacial score (nSPS) is 11.3. The predicted molar refractivity (Wildman–Crippen MR) is 107 cm³/mol. The first-order chi connectivity index (χ1) is 13.5. The zero-order valence-electron chi connectivity index (χ0n) is 14.7. The first-order valence-electron chi connectivity index (χ1n) is 8.20. The molecule has 1 atom stereocenters. The number of nitrogens with zero attached hydrogens (tertiary/aromatic N) is 2. The maximum atomic E-state index is 12.3. The van der Waals surface area contributed by atoms with Crippen LogP contribution in [0.3, 0.4) is 0 Å². The molecule has 3 rings (SSSR count). The molecule has 0 bridgehead atoms. The topological polar surface area (TPSA) is 92.1 Å². The van der Waals surface area contributed by atoms with Crippen LogP contribution in [0.25, 0.3) is 10.6 Å². The van der Waals surface area contributed by atoms with Crippen molar-refractivity contribution < 1.29 is 14.3 Å². The standard InChI is InChI=1S/C20H14ClN3O3S/c1-12(18(25)23-15-8-7-14(10-22)16(21)9-15)27-20(26)17-11-28-19(24-17)13-5-3-2-4-6-13/h2-9,11-12H,1H3,(H,23,25)/t12-/m0/s1. The molecule has 1 heterocycles. The van der Waals surface area contributed by atoms with Gasteiger partial charge in [0.15, 0.2) is 11.8 Å². The van der Waals surface area contributed by atoms with E-state index in [1.807, 2.05) is 36.4 Å². The molecule has 0 aliphatic heterocycles. The second-order valence-corrected chi connectivity index (χ2v) is 7.01. The van der Waals surface area contributed by atoms with Gasteiger partial charge in [0.2, 0.25) is 0 Å². The highest BCUT2D eigenvalue weighted by Gasteiger charge is 2.21. The Balaban J connectivity index is 1.62. The van der Waals surface area contributed by atoms with Crippen LogP contribution in [0.1, 0.15) is 23.0 Å². The molecule has 1 aromatic heterocycles. The third kappa shape index (κ3) is 4.55. The number of ether oxygens (including phenoxy) is 1. The number of nitriles is 1. The zero-order valence-corrected chi connectivity index (χ0v) is 16.3. The molecule has 6 nitrogen and oxygen atoms in total. The van der Waals surface area contributed by atoms with Crippen molar-refractivity contribution in [3.05, 3.63) is 70.2 Å². The molecule has 0 saturated heterocycles. The van der Waals surface area contributed by atoms with Crippen LogP contribution < -0.4 is 5.32 Å². The molecule has 0 unspecified atom stereocenters. The number of carbonyl (C=O) groups is 2. The summed E-state index contributed by atoms with van der Waals surface area (Å²) < 4.78 is 5.20. The van der Waals surface area contributed by atoms with Crippen molar-refractivity contribution in [1.29, 1.82) is 5.26 Å². The summed E-state index contributed by atoms with van der Waals surface area (Å²) in [4.78, 5) is 28.8. The second-order valence-electron chi connectivity index (χ2n) is 5.75. The first-order valence-corrected chi connectivity index (χ1v) is 9.46. The van der Waals surface area contributed by atoms with Crippen LogP contribution >= 0.6 is 22.9 Å². The van der Waals surface area contributed by atoms with Gasteiger partial charge >= 0.3 is 5.97 Å². The number of benzene rings is 2. The number of carbonyl (C=O) groups excluding carboxylic acids is 2. The van der Waals surface area contributed by atoms with E-state index in [2.05, 4.69) is 10.3 Å². The van der Waals surface area contributed by atoms with E-state index in [-0.39, 0.29) is 10.7 Å². The molecule has 1 amide bonds. The third-order valence-corrected chi connectivity index (χ3v) is 4.95. The molecule has 0 radical (unpaired) electrons. The van der Waals surface area contributed by atoms with Crippen LogP contribution in [-0.4, -0.2) is 23.0 Å². The van der Waals surface area contributed by atoms with Gasteiger partial charge in [-0.15, -0.1) is 11.3 Å². The summed E-state index contributed by atoms with van der Waals surface area (Å²) in [5.41, 5.74) is 1.74. The fourth-order valence-electron chi connectivity index (χ4n) is 2.28. The van der Waals surface area contributed by atoms with Crippen LogP contribution in [0.5, 0.6) is 0 Å². The molecule has 0 fully saturated rings. The number of aromatic nitrogens is 1. The summed E-state index contributed by atoms with van der Waals surface area (Å²) in [5.74, 6) is -1.20. The van der Waals surface area contributed by atoms with E-state index in [9.17, 15) is 9.59 Å². The maximum Gasteiger partial charge on any atom is 0.358 e. The Kier molecular flexibility index (Phi) is 6.04. The Morgan fingerprint density at radius 2 is 2.00 bits per heavy atom. The number of rotatable bonds is 5. The summed E-state index contributed by atoms with van der Waals surface area (Å²) >= 11 is 7.26. The molecule has 140 valence electrons. The fraction of sp³-hybridized carbons (Fsp3) is 0.100. The number of hydrogen-bond acceptors (Lipinski definition) is 6. The van der Waals surface area contributed by atoms with E-state index in [1.165, 1.54) is 30.4 Å². The van der Waals surface area contributed by atoms with Gasteiger partial charge in [0.25, 0.3) is 5.91 Å². The molecule has 28 heavy (non-hydrogen) atoms. The van der Waals surface area contributed by atoms with Gasteiger partial charge < -0.3 is 10.1 Å². The average Bonchev–Trinajstić information content (AvgIpc) is 3.19. The smallest absolute Gasteiger partial charge is 0.358 e. The summed E-state index contributed by atoms with van der Waals surface area (Å²) in [6.07, 6.45) is -1.04. The Hall–Kier alpha value is -3.21. The lowest BCUT2D eigenvalue weighted by Crippen LogP contribution is -2.30. The number of esters is 1. The molecular formula is C20H14ClN3O3S. The molecular weight excluding hydrogens is 398 g/mol. The number of nitrogens with one attached hydrogen (secondary N) is 1. The highest BCUT2D eigenvalue weighted by atomic mass is 35.5. The van der Waals surface area contributed by atoms with Crippen molar-refractivity contribution in [1.82, 2.24) is 4.98 Å². The summed E-state index contributed by atoms with van der Waals surface area (Å²) in [5, 5.41) is 14.0. The van der Waals surface area contributed by atoms with Crippen molar-refractivity contribution in [2.45, 2.75) is 13.0 Å². The molecule has 8 heteroatoms. The number of anilines is 1. The molecule has 0 aliphatic carbocycles. The second kappa shape index (κ2) is 8.65. The summed E-state index contributed by atoms with van der Waals surface area (Å²) in [6, 6.07) is 15.9. The van der Waals surface area contributed by atoms with Gasteiger partial charge in [0.1, 0.15) is 11.1 Å². The minimum Gasteiger partial charge on any atom is -0.448 e. The first kappa shape index (κ1) is 19.5. The van der Waals surface area contributed by atoms with Gasteiger partial charge in [-0.25, -0.2) is 9.78 Å². The van der Waals surface area contributed by atoms with Gasteiger partial charge in [-0.05, 0) is 25.1 Å². The monoisotopic (exact) mass is 411 g/mol. The number of halogens is 1. The lowest BCUT2D eigenvalue weighted by molar-refractivity contribution is -0.123. The van der Waals surface area contributed by atoms with Crippen molar-refractivity contribution in [2.24, 2.45) is 0 Å². The number of amides is 1. The number of hydrogen-bond donors (Lipinski definition) is 1. The minimum absolute atomic E-state index is 0.143. The highest BCUT2D eigenvalue weighted by molar-refractivity contribution is 7.13. The lowest BCUT2D eigenvalue weighted by Gasteiger charge is -2.13. The quantitative estimate of drug-likeness (QED) is 0.623. The Morgan fingerprint density at radius 3 is 2.68 bits per heavy atom. The molecule has 2 aromatic carbocycles. The van der Waals surface area contributed by atoms with Gasteiger partial charge in [-0.1, -0.05) is 41.9 Å². The van der Waals surface area contributed by atoms with Crippen LogP contribution in [0, 0.1) is 11.3 Å². The minimum atomic E-state index is -1.04. The number of thiazole rings is 1. The van der Waals surface area contributed by atoms with Gasteiger partial charge in [0, 0.05) is 16.6 Å². The van der Waals surface area contributed by atoms with Crippen LogP contribution in [0.4, 0.5) is 5.69 Å². The van der Waals surface area contributed by atoms with E-state index in [1.54, 1.807) is 11.4 Å². The molecule has 1 N–H and O–H groups in total. The van der Waals surface area contributed by atoms with E-state index in [4.69, 9.17) is 21.6 Å². The van der Waals surface area contributed by atoms with Gasteiger partial charge in [-0.2, -0.15) is 5.26 Å². The van der Waals surface area contributed by atoms with E-state index < -0.39 is 18.0 Å². The van der Waals surface area contributed by atoms with E-state index in [0.29, 0.717) is 16.3 Å². The van der Waals surface area contributed by atoms with Crippen LogP contribution in [0.15, 0.2) is 53.9 Å². The van der Waals surface area contributed by atoms with Crippen molar-refractivity contribution in [3.8, 4) is 16.6 Å². The lowest BCUT2D eigenvalue weighted by atomic mass is 10.2. The molecule has 0 aliphatic rings. The highest BCUT2D eigenvalue weighted by Crippen LogP contribution is 2.24. The van der Waals surface area contributed by atoms with E-state index in [0.717, 1.165) is 5.56 Å². The zero-order chi connectivity index (χ0) is 20.1. The molecule has 0 saturated carbocycles. The maximum absolute atomic E-state index is 12.3. The largest absolute Gasteiger partial charge is 0.448 e. The SMILES string of the molecule is C[C@H](OC(=O)c1csc(-c2ccccc2)n1)C(=O)Nc1ccc(C#N)c(Cl)c1. The predicted octanol–water partition coefficient (Wildman–Crippen LogP) is 4.52. The van der Waals surface area contributed by atoms with Crippen molar-refractivity contribution in [2.75, 3.05) is 5.32 Å². The Labute approximate surface area is 170 Å². The van der Waals surface area contributed by atoms with Crippen molar-refractivity contribution in [3.63, 3.8) is 0 Å². The fourth-order valence-corrected chi connectivity index (χ4v) is 3.30. The van der Waals surface area contributed by atoms with Gasteiger partial charge in [0.05, 0.1) is 10.6 Å². The van der Waals surface area contributed by atoms with Gasteiger partial charge in [-0.3, -0.25) is 4.79 Å². The summed E-state index contributed by atoms with van der Waals surface area (Å²) in [7, 11) is 0.